The molecule has 98 valence electrons. The maximum atomic E-state index is 12.0. The third-order valence-corrected chi connectivity index (χ3v) is 3.24. The first kappa shape index (κ1) is 13.5. The fourth-order valence-electron chi connectivity index (χ4n) is 1.74. The smallest absolute Gasteiger partial charge is 0.409 e. The van der Waals surface area contributed by atoms with E-state index in [-0.39, 0.29) is 6.09 Å². The van der Waals surface area contributed by atoms with E-state index in [0.29, 0.717) is 28.9 Å². The second-order valence-corrected chi connectivity index (χ2v) is 4.88. The molecule has 1 amide bonds. The van der Waals surface area contributed by atoms with E-state index in [1.165, 1.54) is 6.07 Å². The molecule has 1 aliphatic rings. The number of carbonyl (C=O) groups is 1. The number of ether oxygens (including phenoxy) is 1. The van der Waals surface area contributed by atoms with Crippen LogP contribution in [0.2, 0.25) is 10.0 Å². The van der Waals surface area contributed by atoms with Crippen molar-refractivity contribution in [3.05, 3.63) is 28.2 Å². The number of nitrogens with one attached hydrogen (secondary N) is 1. The molecule has 1 aromatic carbocycles. The largest absolute Gasteiger partial charge is 0.415 e. The topological polar surface area (TPSA) is 41.6 Å². The molecule has 0 aromatic heterocycles. The molecule has 0 aliphatic carbocycles. The first-order valence-corrected chi connectivity index (χ1v) is 6.55. The van der Waals surface area contributed by atoms with E-state index in [2.05, 4.69) is 5.32 Å². The van der Waals surface area contributed by atoms with Gasteiger partial charge in [0.25, 0.3) is 0 Å². The van der Waals surface area contributed by atoms with Gasteiger partial charge in [-0.2, -0.15) is 0 Å². The van der Waals surface area contributed by atoms with Gasteiger partial charge in [0.05, 0.1) is 5.02 Å². The summed E-state index contributed by atoms with van der Waals surface area (Å²) >= 11 is 11.8. The Kier molecular flexibility index (Phi) is 4.69. The van der Waals surface area contributed by atoms with E-state index in [1.807, 2.05) is 0 Å². The highest BCUT2D eigenvalue weighted by molar-refractivity contribution is 6.34. The van der Waals surface area contributed by atoms with Crippen molar-refractivity contribution in [3.63, 3.8) is 0 Å². The van der Waals surface area contributed by atoms with Gasteiger partial charge < -0.3 is 15.0 Å². The molecule has 2 rings (SSSR count). The lowest BCUT2D eigenvalue weighted by Crippen LogP contribution is -2.36. The molecular weight excluding hydrogens is 275 g/mol. The highest BCUT2D eigenvalue weighted by atomic mass is 35.5. The monoisotopic (exact) mass is 288 g/mol. The van der Waals surface area contributed by atoms with Crippen molar-refractivity contribution in [3.8, 4) is 5.75 Å². The molecule has 0 unspecified atom stereocenters. The fraction of sp³-hybridized carbons (Fsp3) is 0.417. The number of hydrogen-bond donors (Lipinski definition) is 1. The van der Waals surface area contributed by atoms with Crippen LogP contribution in [0.15, 0.2) is 18.2 Å². The van der Waals surface area contributed by atoms with E-state index in [9.17, 15) is 4.79 Å². The van der Waals surface area contributed by atoms with Crippen LogP contribution >= 0.6 is 23.2 Å². The average molecular weight is 289 g/mol. The van der Waals surface area contributed by atoms with Crippen molar-refractivity contribution in [2.24, 2.45) is 0 Å². The lowest BCUT2D eigenvalue weighted by molar-refractivity contribution is 0.155. The number of hydrogen-bond acceptors (Lipinski definition) is 3. The van der Waals surface area contributed by atoms with E-state index >= 15 is 0 Å². The first-order valence-electron chi connectivity index (χ1n) is 5.79. The van der Waals surface area contributed by atoms with Crippen LogP contribution < -0.4 is 10.1 Å². The second-order valence-electron chi connectivity index (χ2n) is 4.03. The van der Waals surface area contributed by atoms with Crippen LogP contribution in [0.5, 0.6) is 5.75 Å². The molecule has 1 heterocycles. The lowest BCUT2D eigenvalue weighted by Gasteiger charge is -2.19. The lowest BCUT2D eigenvalue weighted by atomic mass is 10.3. The molecule has 0 bridgehead atoms. The Bertz CT molecular complexity index is 432. The molecular formula is C12H14Cl2N2O2. The molecule has 18 heavy (non-hydrogen) atoms. The Hall–Kier alpha value is -0.970. The van der Waals surface area contributed by atoms with Crippen molar-refractivity contribution >= 4 is 29.3 Å². The standard InChI is InChI=1S/C12H14Cl2N2O2/c13-9-2-3-10(14)11(8-9)18-12(17)16-6-1-4-15-5-7-16/h2-3,8,15H,1,4-7H2. The molecule has 6 heteroatoms. The summed E-state index contributed by atoms with van der Waals surface area (Å²) in [6.07, 6.45) is 0.529. The summed E-state index contributed by atoms with van der Waals surface area (Å²) in [4.78, 5) is 13.6. The average Bonchev–Trinajstić information content (AvgIpc) is 2.62. The highest BCUT2D eigenvalue weighted by Crippen LogP contribution is 2.28. The van der Waals surface area contributed by atoms with Crippen molar-refractivity contribution in [2.45, 2.75) is 6.42 Å². The van der Waals surface area contributed by atoms with E-state index in [1.54, 1.807) is 17.0 Å². The van der Waals surface area contributed by atoms with Crippen molar-refractivity contribution in [1.82, 2.24) is 10.2 Å². The second kappa shape index (κ2) is 6.27. The van der Waals surface area contributed by atoms with Gasteiger partial charge in [-0.25, -0.2) is 4.79 Å². The van der Waals surface area contributed by atoms with Gasteiger partial charge in [-0.15, -0.1) is 0 Å². The van der Waals surface area contributed by atoms with Gasteiger partial charge in [0, 0.05) is 30.7 Å². The van der Waals surface area contributed by atoms with Crippen LogP contribution in [0.1, 0.15) is 6.42 Å². The molecule has 1 saturated heterocycles. The van der Waals surface area contributed by atoms with Crippen LogP contribution in [-0.4, -0.2) is 37.2 Å². The van der Waals surface area contributed by atoms with E-state index in [4.69, 9.17) is 27.9 Å². The van der Waals surface area contributed by atoms with Crippen molar-refractivity contribution in [2.75, 3.05) is 26.2 Å². The maximum Gasteiger partial charge on any atom is 0.415 e. The summed E-state index contributed by atoms with van der Waals surface area (Å²) < 4.78 is 5.26. The Morgan fingerprint density at radius 3 is 2.94 bits per heavy atom. The number of nitrogens with zero attached hydrogens (tertiary/aromatic N) is 1. The maximum absolute atomic E-state index is 12.0. The predicted octanol–water partition coefficient (Wildman–Crippen LogP) is 2.79. The Morgan fingerprint density at radius 2 is 2.11 bits per heavy atom. The summed E-state index contributed by atoms with van der Waals surface area (Å²) in [7, 11) is 0. The molecule has 0 saturated carbocycles. The van der Waals surface area contributed by atoms with Gasteiger partial charge in [-0.1, -0.05) is 23.2 Å². The zero-order valence-corrected chi connectivity index (χ0v) is 11.3. The number of halogens is 2. The quantitative estimate of drug-likeness (QED) is 0.864. The van der Waals surface area contributed by atoms with Gasteiger partial charge in [-0.3, -0.25) is 0 Å². The fourth-order valence-corrected chi connectivity index (χ4v) is 2.06. The molecule has 0 spiro atoms. The summed E-state index contributed by atoms with van der Waals surface area (Å²) in [5.41, 5.74) is 0. The Morgan fingerprint density at radius 1 is 1.28 bits per heavy atom. The third-order valence-electron chi connectivity index (χ3n) is 2.69. The summed E-state index contributed by atoms with van der Waals surface area (Å²) in [6, 6.07) is 4.80. The van der Waals surface area contributed by atoms with Crippen LogP contribution in [0.4, 0.5) is 4.79 Å². The first-order chi connectivity index (χ1) is 8.66. The minimum atomic E-state index is -0.386. The van der Waals surface area contributed by atoms with E-state index < -0.39 is 0 Å². The number of amides is 1. The summed E-state index contributed by atoms with van der Waals surface area (Å²) in [6.45, 7) is 3.01. The van der Waals surface area contributed by atoms with Gasteiger partial charge in [0.15, 0.2) is 5.75 Å². The minimum Gasteiger partial charge on any atom is -0.409 e. The number of rotatable bonds is 1. The van der Waals surface area contributed by atoms with Gasteiger partial charge in [0.2, 0.25) is 0 Å². The van der Waals surface area contributed by atoms with Gasteiger partial charge in [0.1, 0.15) is 0 Å². The molecule has 1 aliphatic heterocycles. The van der Waals surface area contributed by atoms with Crippen LogP contribution in [-0.2, 0) is 0 Å². The molecule has 1 aromatic rings. The predicted molar refractivity (Wildman–Crippen MR) is 71.5 cm³/mol. The molecule has 1 N–H and O–H groups in total. The molecule has 0 radical (unpaired) electrons. The normalized spacial score (nSPS) is 16.2. The highest BCUT2D eigenvalue weighted by Gasteiger charge is 2.18. The molecule has 4 nitrogen and oxygen atoms in total. The Labute approximate surface area is 116 Å². The SMILES string of the molecule is O=C(Oc1cc(Cl)ccc1Cl)N1CCCNCC1. The molecule has 1 fully saturated rings. The van der Waals surface area contributed by atoms with Crippen molar-refractivity contribution < 1.29 is 9.53 Å². The van der Waals surface area contributed by atoms with Crippen LogP contribution in [0.3, 0.4) is 0 Å². The summed E-state index contributed by atoms with van der Waals surface area (Å²) in [5, 5.41) is 4.08. The molecule has 0 atom stereocenters. The van der Waals surface area contributed by atoms with Gasteiger partial charge in [-0.05, 0) is 25.1 Å². The van der Waals surface area contributed by atoms with Crippen LogP contribution in [0, 0.1) is 0 Å². The third kappa shape index (κ3) is 3.51. The zero-order valence-electron chi connectivity index (χ0n) is 9.79. The summed E-state index contributed by atoms with van der Waals surface area (Å²) in [5.74, 6) is 0.298. The van der Waals surface area contributed by atoms with E-state index in [0.717, 1.165) is 19.5 Å². The van der Waals surface area contributed by atoms with Gasteiger partial charge >= 0.3 is 6.09 Å². The van der Waals surface area contributed by atoms with Crippen LogP contribution in [0.25, 0.3) is 0 Å². The zero-order chi connectivity index (χ0) is 13.0. The van der Waals surface area contributed by atoms with Crippen molar-refractivity contribution in [1.29, 1.82) is 0 Å². The number of benzene rings is 1. The number of carbonyl (C=O) groups excluding carboxylic acids is 1. The minimum absolute atomic E-state index is 0.298. The Balaban J connectivity index is 2.03.